The van der Waals surface area contributed by atoms with Gasteiger partial charge >= 0.3 is 10.2 Å². The predicted octanol–water partition coefficient (Wildman–Crippen LogP) is 3.31. The molecule has 0 aromatic heterocycles. The zero-order valence-corrected chi connectivity index (χ0v) is 22.1. The van der Waals surface area contributed by atoms with Crippen molar-refractivity contribution < 1.29 is 26.4 Å². The van der Waals surface area contributed by atoms with E-state index in [1.807, 2.05) is 47.2 Å². The molecular weight excluding hydrogens is 526 g/mol. The molecule has 2 heterocycles. The Labute approximate surface area is 222 Å². The lowest BCUT2D eigenvalue weighted by atomic mass is 10.1. The maximum Gasteiger partial charge on any atom is 0.326 e. The summed E-state index contributed by atoms with van der Waals surface area (Å²) in [7, 11) is -7.65. The summed E-state index contributed by atoms with van der Waals surface area (Å²) in [5, 5.41) is 0. The summed E-state index contributed by atoms with van der Waals surface area (Å²) in [6.07, 6.45) is 5.10. The van der Waals surface area contributed by atoms with Crippen molar-refractivity contribution in [3.8, 4) is 5.75 Å². The van der Waals surface area contributed by atoms with Crippen molar-refractivity contribution in [2.24, 2.45) is 0 Å². The molecule has 1 atom stereocenters. The minimum absolute atomic E-state index is 0.196. The molecule has 198 valence electrons. The van der Waals surface area contributed by atoms with E-state index in [9.17, 15) is 21.6 Å². The Morgan fingerprint density at radius 1 is 1.00 bits per heavy atom. The smallest absolute Gasteiger partial charge is 0.326 e. The van der Waals surface area contributed by atoms with Crippen LogP contribution in [0.3, 0.4) is 0 Å². The number of carbonyl (C=O) groups excluding carboxylic acids is 1. The number of hydrogen-bond acceptors (Lipinski definition) is 6. The van der Waals surface area contributed by atoms with E-state index in [0.29, 0.717) is 18.5 Å². The number of carbonyl (C=O) groups is 1. The number of nitrogens with zero attached hydrogens (tertiary/aromatic N) is 2. The number of benzene rings is 3. The Morgan fingerprint density at radius 2 is 1.71 bits per heavy atom. The maximum absolute atomic E-state index is 13.2. The maximum atomic E-state index is 13.2. The lowest BCUT2D eigenvalue weighted by molar-refractivity contribution is -0.117. The number of hydrogen-bond donors (Lipinski definition) is 1. The van der Waals surface area contributed by atoms with Crippen molar-refractivity contribution >= 4 is 37.9 Å². The fourth-order valence-electron chi connectivity index (χ4n) is 4.56. The van der Waals surface area contributed by atoms with Crippen molar-refractivity contribution in [3.63, 3.8) is 0 Å². The summed E-state index contributed by atoms with van der Waals surface area (Å²) in [6.45, 7) is 0.292. The summed E-state index contributed by atoms with van der Waals surface area (Å²) in [4.78, 5) is 12.1. The monoisotopic (exact) mass is 553 g/mol. The van der Waals surface area contributed by atoms with E-state index >= 15 is 0 Å². The molecule has 3 aromatic rings. The second kappa shape index (κ2) is 10.6. The standard InChI is InChI=1S/C27H27N3O6S2/c31-27-19-30(38(34,35)28-27)25-16-14-21(18-26(25)36-20-22-8-3-1-4-9-22)13-15-23-10-7-17-29(23)37(32,33)24-11-5-2-6-12-24/h1-6,8-9,11-16,18,23H,7,10,17,19-20H2,(H,28,31)/b15-13+. The zero-order valence-electron chi connectivity index (χ0n) is 20.4. The molecule has 5 rings (SSSR count). The molecule has 0 spiro atoms. The lowest BCUT2D eigenvalue weighted by Gasteiger charge is -2.22. The molecule has 2 fully saturated rings. The van der Waals surface area contributed by atoms with Gasteiger partial charge in [-0.25, -0.2) is 17.4 Å². The van der Waals surface area contributed by atoms with Gasteiger partial charge in [0.2, 0.25) is 10.0 Å². The molecule has 2 aliphatic rings. The molecule has 0 aliphatic carbocycles. The number of ether oxygens (including phenoxy) is 1. The van der Waals surface area contributed by atoms with Crippen molar-refractivity contribution in [2.45, 2.75) is 30.4 Å². The van der Waals surface area contributed by atoms with Gasteiger partial charge in [0.1, 0.15) is 18.9 Å². The molecule has 11 heteroatoms. The van der Waals surface area contributed by atoms with Crippen LogP contribution in [0.1, 0.15) is 24.0 Å². The van der Waals surface area contributed by atoms with Gasteiger partial charge in [-0.3, -0.25) is 4.79 Å². The molecule has 2 saturated heterocycles. The molecule has 0 radical (unpaired) electrons. The van der Waals surface area contributed by atoms with E-state index in [2.05, 4.69) is 0 Å². The average molecular weight is 554 g/mol. The molecule has 3 aromatic carbocycles. The Morgan fingerprint density at radius 3 is 2.39 bits per heavy atom. The number of rotatable bonds is 8. The highest BCUT2D eigenvalue weighted by Crippen LogP contribution is 2.34. The molecular formula is C27H27N3O6S2. The Balaban J connectivity index is 1.42. The molecule has 2 aliphatic heterocycles. The summed E-state index contributed by atoms with van der Waals surface area (Å²) in [5.41, 5.74) is 1.84. The van der Waals surface area contributed by atoms with Gasteiger partial charge in [0.15, 0.2) is 0 Å². The topological polar surface area (TPSA) is 113 Å². The SMILES string of the molecule is O=C1CN(c2ccc(/C=C/C3CCCN3S(=O)(=O)c3ccccc3)cc2OCc2ccccc2)S(=O)(=O)N1. The van der Waals surface area contributed by atoms with Crippen molar-refractivity contribution in [1.29, 1.82) is 0 Å². The van der Waals surface area contributed by atoms with Crippen LogP contribution >= 0.6 is 0 Å². The Kier molecular flexibility index (Phi) is 7.24. The van der Waals surface area contributed by atoms with Gasteiger partial charge in [-0.05, 0) is 48.2 Å². The van der Waals surface area contributed by atoms with E-state index in [-0.39, 0.29) is 35.5 Å². The number of sulfonamides is 1. The quantitative estimate of drug-likeness (QED) is 0.458. The molecule has 1 N–H and O–H groups in total. The van der Waals surface area contributed by atoms with Crippen LogP contribution in [0.25, 0.3) is 6.08 Å². The van der Waals surface area contributed by atoms with Crippen LogP contribution in [-0.2, 0) is 31.6 Å². The first-order valence-corrected chi connectivity index (χ1v) is 15.0. The lowest BCUT2D eigenvalue weighted by Crippen LogP contribution is -2.34. The normalized spacial score (nSPS) is 19.6. The molecule has 38 heavy (non-hydrogen) atoms. The summed E-state index contributed by atoms with van der Waals surface area (Å²) < 4.78 is 61.8. The second-order valence-corrected chi connectivity index (χ2v) is 12.5. The van der Waals surface area contributed by atoms with Crippen molar-refractivity contribution in [1.82, 2.24) is 9.03 Å². The minimum atomic E-state index is -4.02. The van der Waals surface area contributed by atoms with Crippen LogP contribution in [0.2, 0.25) is 0 Å². The first-order valence-electron chi connectivity index (χ1n) is 12.1. The van der Waals surface area contributed by atoms with Crippen molar-refractivity contribution in [3.05, 3.63) is 96.1 Å². The van der Waals surface area contributed by atoms with Gasteiger partial charge in [0.25, 0.3) is 5.91 Å². The summed E-state index contributed by atoms with van der Waals surface area (Å²) >= 11 is 0. The van der Waals surface area contributed by atoms with E-state index in [1.165, 1.54) is 4.31 Å². The minimum Gasteiger partial charge on any atom is -0.487 e. The van der Waals surface area contributed by atoms with Gasteiger partial charge in [0.05, 0.1) is 10.6 Å². The van der Waals surface area contributed by atoms with Gasteiger partial charge in [-0.15, -0.1) is 0 Å². The van der Waals surface area contributed by atoms with Crippen LogP contribution in [-0.4, -0.2) is 46.2 Å². The highest BCUT2D eigenvalue weighted by atomic mass is 32.2. The van der Waals surface area contributed by atoms with Gasteiger partial charge in [-0.1, -0.05) is 66.7 Å². The average Bonchev–Trinajstić information content (AvgIpc) is 3.50. The van der Waals surface area contributed by atoms with E-state index < -0.39 is 26.1 Å². The molecule has 1 unspecified atom stereocenters. The van der Waals surface area contributed by atoms with Crippen LogP contribution in [0.4, 0.5) is 5.69 Å². The van der Waals surface area contributed by atoms with E-state index in [0.717, 1.165) is 16.3 Å². The molecule has 0 bridgehead atoms. The fourth-order valence-corrected chi connectivity index (χ4v) is 7.39. The van der Waals surface area contributed by atoms with Gasteiger partial charge in [0, 0.05) is 12.6 Å². The highest BCUT2D eigenvalue weighted by Gasteiger charge is 2.36. The summed E-state index contributed by atoms with van der Waals surface area (Å²) in [6, 6.07) is 22.5. The summed E-state index contributed by atoms with van der Waals surface area (Å²) in [5.74, 6) is -0.333. The third-order valence-electron chi connectivity index (χ3n) is 6.42. The third kappa shape index (κ3) is 5.45. The van der Waals surface area contributed by atoms with E-state index in [4.69, 9.17) is 4.74 Å². The highest BCUT2D eigenvalue weighted by molar-refractivity contribution is 7.92. The molecule has 0 saturated carbocycles. The number of amides is 1. The van der Waals surface area contributed by atoms with Gasteiger partial charge in [-0.2, -0.15) is 12.7 Å². The van der Waals surface area contributed by atoms with Crippen LogP contribution in [0.5, 0.6) is 5.75 Å². The predicted molar refractivity (Wildman–Crippen MR) is 144 cm³/mol. The Bertz CT molecular complexity index is 1560. The Hall–Kier alpha value is -3.67. The first-order chi connectivity index (χ1) is 18.2. The van der Waals surface area contributed by atoms with Crippen LogP contribution < -0.4 is 13.8 Å². The fraction of sp³-hybridized carbons (Fsp3) is 0.222. The first kappa shape index (κ1) is 26.0. The largest absolute Gasteiger partial charge is 0.487 e. The third-order valence-corrected chi connectivity index (χ3v) is 9.75. The van der Waals surface area contributed by atoms with E-state index in [1.54, 1.807) is 48.5 Å². The number of nitrogens with one attached hydrogen (secondary N) is 1. The zero-order chi connectivity index (χ0) is 26.8. The number of anilines is 1. The van der Waals surface area contributed by atoms with Crippen LogP contribution in [0, 0.1) is 0 Å². The molecule has 9 nitrogen and oxygen atoms in total. The van der Waals surface area contributed by atoms with Gasteiger partial charge < -0.3 is 4.74 Å². The second-order valence-electron chi connectivity index (χ2n) is 9.04. The molecule has 1 amide bonds. The van der Waals surface area contributed by atoms with Crippen molar-refractivity contribution in [2.75, 3.05) is 17.4 Å². The van der Waals surface area contributed by atoms with Crippen LogP contribution in [0.15, 0.2) is 89.8 Å².